The van der Waals surface area contributed by atoms with Crippen molar-refractivity contribution in [1.29, 1.82) is 0 Å². The van der Waals surface area contributed by atoms with Gasteiger partial charge in [0.2, 0.25) is 17.6 Å². The molecule has 0 aliphatic carbocycles. The second kappa shape index (κ2) is 7.55. The standard InChI is InChI=1S/C20H16F3N3O2S/c1-29-16-8-6-15(7-9-16)26-11-13(10-17(26)27)19-24-18(25-28-19)12-2-4-14(5-3-12)20(21,22)23/h2-9,13H,10-11H2,1H3. The molecule has 5 nitrogen and oxygen atoms in total. The number of halogens is 3. The molecular weight excluding hydrogens is 403 g/mol. The van der Waals surface area contributed by atoms with E-state index < -0.39 is 11.7 Å². The van der Waals surface area contributed by atoms with E-state index in [0.29, 0.717) is 18.0 Å². The van der Waals surface area contributed by atoms with Crippen LogP contribution >= 0.6 is 11.8 Å². The van der Waals surface area contributed by atoms with E-state index in [1.54, 1.807) is 16.7 Å². The maximum atomic E-state index is 12.7. The van der Waals surface area contributed by atoms with Crippen LogP contribution in [0.3, 0.4) is 0 Å². The van der Waals surface area contributed by atoms with Crippen LogP contribution in [0.5, 0.6) is 0 Å². The monoisotopic (exact) mass is 419 g/mol. The van der Waals surface area contributed by atoms with Crippen molar-refractivity contribution in [2.45, 2.75) is 23.4 Å². The number of nitrogens with zero attached hydrogens (tertiary/aromatic N) is 3. The summed E-state index contributed by atoms with van der Waals surface area (Å²) >= 11 is 1.62. The van der Waals surface area contributed by atoms with E-state index in [1.807, 2.05) is 30.5 Å². The van der Waals surface area contributed by atoms with Gasteiger partial charge in [-0.2, -0.15) is 18.2 Å². The maximum Gasteiger partial charge on any atom is 0.416 e. The Labute approximate surface area is 168 Å². The lowest BCUT2D eigenvalue weighted by Crippen LogP contribution is -2.24. The molecule has 3 aromatic rings. The van der Waals surface area contributed by atoms with Gasteiger partial charge in [0.1, 0.15) is 0 Å². The van der Waals surface area contributed by atoms with Crippen molar-refractivity contribution in [2.75, 3.05) is 17.7 Å². The highest BCUT2D eigenvalue weighted by Crippen LogP contribution is 2.34. The highest BCUT2D eigenvalue weighted by molar-refractivity contribution is 7.98. The number of benzene rings is 2. The van der Waals surface area contributed by atoms with Crippen molar-refractivity contribution in [1.82, 2.24) is 10.1 Å². The van der Waals surface area contributed by atoms with Crippen molar-refractivity contribution in [3.8, 4) is 11.4 Å². The average molecular weight is 419 g/mol. The van der Waals surface area contributed by atoms with E-state index in [1.165, 1.54) is 12.1 Å². The third-order valence-electron chi connectivity index (χ3n) is 4.77. The lowest BCUT2D eigenvalue weighted by Gasteiger charge is -2.16. The predicted molar refractivity (Wildman–Crippen MR) is 103 cm³/mol. The number of rotatable bonds is 4. The molecule has 1 amide bonds. The van der Waals surface area contributed by atoms with Crippen LogP contribution in [0, 0.1) is 0 Å². The van der Waals surface area contributed by atoms with Gasteiger partial charge in [-0.25, -0.2) is 0 Å². The van der Waals surface area contributed by atoms with Gasteiger partial charge in [-0.15, -0.1) is 11.8 Å². The summed E-state index contributed by atoms with van der Waals surface area (Å²) in [6.45, 7) is 0.409. The van der Waals surface area contributed by atoms with Crippen molar-refractivity contribution < 1.29 is 22.5 Å². The van der Waals surface area contributed by atoms with Gasteiger partial charge in [0.15, 0.2) is 0 Å². The molecule has 1 fully saturated rings. The Morgan fingerprint density at radius 1 is 1.10 bits per heavy atom. The first-order valence-corrected chi connectivity index (χ1v) is 10.0. The zero-order valence-electron chi connectivity index (χ0n) is 15.3. The fraction of sp³-hybridized carbons (Fsp3) is 0.250. The summed E-state index contributed by atoms with van der Waals surface area (Å²) < 4.78 is 43.4. The number of thioether (sulfide) groups is 1. The quantitative estimate of drug-likeness (QED) is 0.557. The zero-order valence-corrected chi connectivity index (χ0v) is 16.1. The van der Waals surface area contributed by atoms with Crippen LogP contribution in [-0.4, -0.2) is 28.8 Å². The average Bonchev–Trinajstić information content (AvgIpc) is 3.34. The van der Waals surface area contributed by atoms with Crippen LogP contribution in [0.15, 0.2) is 57.9 Å². The molecule has 1 saturated heterocycles. The molecular formula is C20H16F3N3O2S. The number of alkyl halides is 3. The van der Waals surface area contributed by atoms with Gasteiger partial charge in [0.05, 0.1) is 11.5 Å². The molecule has 0 spiro atoms. The Hall–Kier alpha value is -2.81. The second-order valence-corrected chi connectivity index (χ2v) is 7.51. The number of anilines is 1. The molecule has 2 aromatic carbocycles. The molecule has 1 aliphatic heterocycles. The van der Waals surface area contributed by atoms with Crippen LogP contribution in [0.1, 0.15) is 23.8 Å². The molecule has 0 saturated carbocycles. The number of carbonyl (C=O) groups excluding carboxylic acids is 1. The van der Waals surface area contributed by atoms with Gasteiger partial charge < -0.3 is 9.42 Å². The van der Waals surface area contributed by atoms with Crippen LogP contribution in [0.25, 0.3) is 11.4 Å². The lowest BCUT2D eigenvalue weighted by molar-refractivity contribution is -0.137. The van der Waals surface area contributed by atoms with Crippen molar-refractivity contribution in [3.05, 3.63) is 60.0 Å². The van der Waals surface area contributed by atoms with E-state index in [9.17, 15) is 18.0 Å². The summed E-state index contributed by atoms with van der Waals surface area (Å²) in [5.41, 5.74) is 0.481. The van der Waals surface area contributed by atoms with E-state index in [2.05, 4.69) is 10.1 Å². The van der Waals surface area contributed by atoms with Gasteiger partial charge >= 0.3 is 6.18 Å². The van der Waals surface area contributed by atoms with Crippen LogP contribution in [-0.2, 0) is 11.0 Å². The first-order valence-electron chi connectivity index (χ1n) is 8.81. The molecule has 2 heterocycles. The molecule has 150 valence electrons. The minimum absolute atomic E-state index is 0.0406. The maximum absolute atomic E-state index is 12.7. The minimum atomic E-state index is -4.40. The molecule has 9 heteroatoms. The van der Waals surface area contributed by atoms with E-state index in [4.69, 9.17) is 4.52 Å². The first kappa shape index (κ1) is 19.5. The molecule has 1 atom stereocenters. The second-order valence-electron chi connectivity index (χ2n) is 6.63. The third kappa shape index (κ3) is 4.00. The van der Waals surface area contributed by atoms with Crippen molar-refractivity contribution >= 4 is 23.4 Å². The number of aromatic nitrogens is 2. The molecule has 0 N–H and O–H groups in total. The molecule has 1 aliphatic rings. The fourth-order valence-corrected chi connectivity index (χ4v) is 3.62. The molecule has 0 bridgehead atoms. The first-order chi connectivity index (χ1) is 13.8. The Balaban J connectivity index is 1.50. The molecule has 29 heavy (non-hydrogen) atoms. The van der Waals surface area contributed by atoms with E-state index in [0.717, 1.165) is 22.7 Å². The Morgan fingerprint density at radius 2 is 1.79 bits per heavy atom. The SMILES string of the molecule is CSc1ccc(N2CC(c3nc(-c4ccc(C(F)(F)F)cc4)no3)CC2=O)cc1. The van der Waals surface area contributed by atoms with E-state index in [-0.39, 0.29) is 24.1 Å². The highest BCUT2D eigenvalue weighted by atomic mass is 32.2. The normalized spacial score (nSPS) is 17.2. The fourth-order valence-electron chi connectivity index (χ4n) is 3.21. The predicted octanol–water partition coefficient (Wildman–Crippen LogP) is 5.00. The van der Waals surface area contributed by atoms with Gasteiger partial charge in [-0.1, -0.05) is 17.3 Å². The summed E-state index contributed by atoms with van der Waals surface area (Å²) in [6, 6.07) is 12.3. The summed E-state index contributed by atoms with van der Waals surface area (Å²) in [4.78, 5) is 19.5. The molecule has 1 aromatic heterocycles. The largest absolute Gasteiger partial charge is 0.416 e. The topological polar surface area (TPSA) is 59.2 Å². The van der Waals surface area contributed by atoms with E-state index >= 15 is 0 Å². The Bertz CT molecular complexity index is 1020. The molecule has 0 radical (unpaired) electrons. The highest BCUT2D eigenvalue weighted by Gasteiger charge is 2.35. The summed E-state index contributed by atoms with van der Waals surface area (Å²) in [5, 5.41) is 3.87. The van der Waals surface area contributed by atoms with Crippen molar-refractivity contribution in [3.63, 3.8) is 0 Å². The van der Waals surface area contributed by atoms with Crippen LogP contribution < -0.4 is 4.90 Å². The number of hydrogen-bond donors (Lipinski definition) is 0. The summed E-state index contributed by atoms with van der Waals surface area (Å²) in [7, 11) is 0. The van der Waals surface area contributed by atoms with Crippen molar-refractivity contribution in [2.24, 2.45) is 0 Å². The van der Waals surface area contributed by atoms with Gasteiger partial charge in [0, 0.05) is 29.1 Å². The van der Waals surface area contributed by atoms with Crippen LogP contribution in [0.2, 0.25) is 0 Å². The van der Waals surface area contributed by atoms with Crippen LogP contribution in [0.4, 0.5) is 18.9 Å². The third-order valence-corrected chi connectivity index (χ3v) is 5.51. The molecule has 1 unspecified atom stereocenters. The van der Waals surface area contributed by atoms with Gasteiger partial charge in [-0.3, -0.25) is 4.79 Å². The van der Waals surface area contributed by atoms with Gasteiger partial charge in [0.25, 0.3) is 0 Å². The number of hydrogen-bond acceptors (Lipinski definition) is 5. The zero-order chi connectivity index (χ0) is 20.6. The Morgan fingerprint density at radius 3 is 2.41 bits per heavy atom. The summed E-state index contributed by atoms with van der Waals surface area (Å²) in [5.74, 6) is 0.194. The minimum Gasteiger partial charge on any atom is -0.339 e. The van der Waals surface area contributed by atoms with Gasteiger partial charge in [-0.05, 0) is 42.7 Å². The molecule has 4 rings (SSSR count). The number of carbonyl (C=O) groups is 1. The number of amides is 1. The Kier molecular flexibility index (Phi) is 5.08. The summed E-state index contributed by atoms with van der Waals surface area (Å²) in [6.07, 6.45) is -2.18. The lowest BCUT2D eigenvalue weighted by atomic mass is 10.1. The smallest absolute Gasteiger partial charge is 0.339 e.